The Morgan fingerprint density at radius 3 is 2.52 bits per heavy atom. The number of rotatable bonds is 6. The summed E-state index contributed by atoms with van der Waals surface area (Å²) in [6.45, 7) is 1.58. The monoisotopic (exact) mass is 386 g/mol. The molecular weight excluding hydrogens is 360 g/mol. The second kappa shape index (κ2) is 9.37. The van der Waals surface area contributed by atoms with E-state index in [4.69, 9.17) is 9.72 Å². The number of piperidine rings is 1. The van der Waals surface area contributed by atoms with Crippen molar-refractivity contribution in [1.82, 2.24) is 9.88 Å². The third kappa shape index (κ3) is 5.23. The zero-order valence-corrected chi connectivity index (χ0v) is 16.5. The molecule has 1 aliphatic heterocycles. The van der Waals surface area contributed by atoms with Crippen LogP contribution in [0.5, 0.6) is 5.75 Å². The van der Waals surface area contributed by atoms with Gasteiger partial charge in [0.05, 0.1) is 0 Å². The highest BCUT2D eigenvalue weighted by atomic mass is 16.5. The van der Waals surface area contributed by atoms with Crippen LogP contribution in [-0.4, -0.2) is 35.5 Å². The first kappa shape index (κ1) is 19.2. The highest BCUT2D eigenvalue weighted by Crippen LogP contribution is 2.26. The molecule has 1 aromatic heterocycles. The number of carbonyl (C=O) groups excluding carboxylic acids is 1. The van der Waals surface area contributed by atoms with Gasteiger partial charge in [0.25, 0.3) is 5.91 Å². The van der Waals surface area contributed by atoms with Crippen molar-refractivity contribution in [2.75, 3.05) is 19.7 Å². The van der Waals surface area contributed by atoms with Crippen molar-refractivity contribution < 1.29 is 9.53 Å². The summed E-state index contributed by atoms with van der Waals surface area (Å²) in [5, 5.41) is 0. The number of likely N-dealkylation sites (tertiary alicyclic amines) is 1. The van der Waals surface area contributed by atoms with Crippen LogP contribution in [0.4, 0.5) is 0 Å². The number of benzene rings is 2. The maximum absolute atomic E-state index is 12.6. The summed E-state index contributed by atoms with van der Waals surface area (Å²) in [4.78, 5) is 19.5. The Morgan fingerprint density at radius 2 is 1.72 bits per heavy atom. The Balaban J connectivity index is 1.38. The molecule has 0 N–H and O–H groups in total. The summed E-state index contributed by atoms with van der Waals surface area (Å²) >= 11 is 0. The molecule has 1 aliphatic rings. The van der Waals surface area contributed by atoms with Crippen molar-refractivity contribution in [3.8, 4) is 5.75 Å². The fourth-order valence-corrected chi connectivity index (χ4v) is 3.83. The van der Waals surface area contributed by atoms with Crippen LogP contribution in [0.1, 0.15) is 35.7 Å². The molecule has 1 fully saturated rings. The van der Waals surface area contributed by atoms with Gasteiger partial charge in [0, 0.05) is 36.8 Å². The van der Waals surface area contributed by atoms with Crippen molar-refractivity contribution in [3.05, 3.63) is 95.8 Å². The molecular formula is C25H26N2O2. The van der Waals surface area contributed by atoms with Gasteiger partial charge in [0.1, 0.15) is 5.75 Å². The van der Waals surface area contributed by atoms with Gasteiger partial charge >= 0.3 is 0 Å². The van der Waals surface area contributed by atoms with Crippen LogP contribution >= 0.6 is 0 Å². The van der Waals surface area contributed by atoms with Crippen molar-refractivity contribution in [2.45, 2.75) is 25.2 Å². The first-order valence-electron chi connectivity index (χ1n) is 10.2. The Hall–Kier alpha value is -3.14. The Labute approximate surface area is 172 Å². The van der Waals surface area contributed by atoms with Crippen LogP contribution in [0.25, 0.3) is 0 Å². The topological polar surface area (TPSA) is 42.4 Å². The van der Waals surface area contributed by atoms with Gasteiger partial charge in [0.2, 0.25) is 0 Å². The maximum Gasteiger partial charge on any atom is 0.260 e. The van der Waals surface area contributed by atoms with Crippen molar-refractivity contribution >= 4 is 5.91 Å². The van der Waals surface area contributed by atoms with Gasteiger partial charge in [0.15, 0.2) is 6.61 Å². The summed E-state index contributed by atoms with van der Waals surface area (Å²) in [6.07, 6.45) is 2.88. The number of amides is 1. The molecule has 4 nitrogen and oxygen atoms in total. The standard InChI is InChI=1S/C25H26N2O2/c28-25(19-29-23-13-5-2-6-14-23)27-16-8-11-21(18-27)24-15-7-12-22(26-24)17-20-9-3-1-4-10-20/h1-7,9-10,12-15,21H,8,11,16-19H2/t21-/m1/s1. The van der Waals surface area contributed by atoms with E-state index in [0.29, 0.717) is 6.54 Å². The summed E-state index contributed by atoms with van der Waals surface area (Å²) in [7, 11) is 0. The van der Waals surface area contributed by atoms with E-state index < -0.39 is 0 Å². The minimum atomic E-state index is 0.0407. The van der Waals surface area contributed by atoms with Crippen molar-refractivity contribution in [1.29, 1.82) is 0 Å². The van der Waals surface area contributed by atoms with E-state index in [0.717, 1.165) is 42.9 Å². The van der Waals surface area contributed by atoms with Crippen LogP contribution in [-0.2, 0) is 11.2 Å². The van der Waals surface area contributed by atoms with Crippen LogP contribution in [0.3, 0.4) is 0 Å². The average Bonchev–Trinajstić information content (AvgIpc) is 2.79. The van der Waals surface area contributed by atoms with Gasteiger partial charge in [-0.3, -0.25) is 9.78 Å². The summed E-state index contributed by atoms with van der Waals surface area (Å²) < 4.78 is 5.64. The molecule has 0 saturated carbocycles. The molecule has 1 amide bonds. The fourth-order valence-electron chi connectivity index (χ4n) is 3.83. The van der Waals surface area contributed by atoms with Crippen LogP contribution < -0.4 is 4.74 Å². The molecule has 2 aromatic carbocycles. The molecule has 4 heteroatoms. The maximum atomic E-state index is 12.6. The van der Waals surface area contributed by atoms with Crippen LogP contribution in [0.2, 0.25) is 0 Å². The predicted octanol–water partition coefficient (Wildman–Crippen LogP) is 4.46. The molecule has 0 bridgehead atoms. The molecule has 1 atom stereocenters. The molecule has 1 saturated heterocycles. The fraction of sp³-hybridized carbons (Fsp3) is 0.280. The summed E-state index contributed by atoms with van der Waals surface area (Å²) in [5.74, 6) is 1.05. The quantitative estimate of drug-likeness (QED) is 0.628. The number of carbonyl (C=O) groups is 1. The van der Waals surface area contributed by atoms with Crippen molar-refractivity contribution in [2.24, 2.45) is 0 Å². The molecule has 2 heterocycles. The minimum Gasteiger partial charge on any atom is -0.484 e. The zero-order chi connectivity index (χ0) is 19.9. The third-order valence-corrected chi connectivity index (χ3v) is 5.35. The van der Waals surface area contributed by atoms with E-state index in [-0.39, 0.29) is 18.4 Å². The largest absolute Gasteiger partial charge is 0.484 e. The normalized spacial score (nSPS) is 16.4. The number of aromatic nitrogens is 1. The highest BCUT2D eigenvalue weighted by molar-refractivity contribution is 5.78. The van der Waals surface area contributed by atoms with Gasteiger partial charge in [-0.1, -0.05) is 54.6 Å². The number of ether oxygens (including phenoxy) is 1. The molecule has 0 aliphatic carbocycles. The molecule has 3 aromatic rings. The second-order valence-electron chi connectivity index (χ2n) is 7.50. The van der Waals surface area contributed by atoms with Gasteiger partial charge in [-0.25, -0.2) is 0 Å². The highest BCUT2D eigenvalue weighted by Gasteiger charge is 2.26. The zero-order valence-electron chi connectivity index (χ0n) is 16.5. The first-order chi connectivity index (χ1) is 14.3. The van der Waals surface area contributed by atoms with Gasteiger partial charge in [-0.05, 0) is 42.7 Å². The van der Waals surface area contributed by atoms with E-state index in [1.807, 2.05) is 41.3 Å². The van der Waals surface area contributed by atoms with E-state index >= 15 is 0 Å². The average molecular weight is 386 g/mol. The Kier molecular flexibility index (Phi) is 6.20. The molecule has 148 valence electrons. The minimum absolute atomic E-state index is 0.0407. The van der Waals surface area contributed by atoms with Gasteiger partial charge in [-0.15, -0.1) is 0 Å². The Bertz CT molecular complexity index is 928. The SMILES string of the molecule is O=C(COc1ccccc1)N1CCC[C@@H](c2cccc(Cc3ccccc3)n2)C1. The number of hydrogen-bond acceptors (Lipinski definition) is 3. The van der Waals surface area contributed by atoms with E-state index in [1.54, 1.807) is 0 Å². The molecule has 0 unspecified atom stereocenters. The van der Waals surface area contributed by atoms with Crippen molar-refractivity contribution in [3.63, 3.8) is 0 Å². The molecule has 0 spiro atoms. The first-order valence-corrected chi connectivity index (χ1v) is 10.2. The molecule has 29 heavy (non-hydrogen) atoms. The van der Waals surface area contributed by atoms with E-state index in [9.17, 15) is 4.79 Å². The van der Waals surface area contributed by atoms with Gasteiger partial charge in [-0.2, -0.15) is 0 Å². The lowest BCUT2D eigenvalue weighted by molar-refractivity contribution is -0.134. The predicted molar refractivity (Wildman–Crippen MR) is 114 cm³/mol. The molecule has 0 radical (unpaired) electrons. The number of pyridine rings is 1. The lowest BCUT2D eigenvalue weighted by atomic mass is 9.94. The lowest BCUT2D eigenvalue weighted by Gasteiger charge is -2.32. The van der Waals surface area contributed by atoms with Crippen LogP contribution in [0, 0.1) is 0 Å². The number of para-hydroxylation sites is 1. The van der Waals surface area contributed by atoms with Crippen LogP contribution in [0.15, 0.2) is 78.9 Å². The smallest absolute Gasteiger partial charge is 0.260 e. The number of nitrogens with zero attached hydrogens (tertiary/aromatic N) is 2. The van der Waals surface area contributed by atoms with E-state index in [2.05, 4.69) is 42.5 Å². The second-order valence-corrected chi connectivity index (χ2v) is 7.50. The summed E-state index contributed by atoms with van der Waals surface area (Å²) in [5.41, 5.74) is 3.42. The number of hydrogen-bond donors (Lipinski definition) is 0. The van der Waals surface area contributed by atoms with Gasteiger partial charge < -0.3 is 9.64 Å². The molecule has 4 rings (SSSR count). The van der Waals surface area contributed by atoms with E-state index in [1.165, 1.54) is 5.56 Å². The Morgan fingerprint density at radius 1 is 0.966 bits per heavy atom. The summed E-state index contributed by atoms with van der Waals surface area (Å²) in [6, 6.07) is 26.1. The third-order valence-electron chi connectivity index (χ3n) is 5.35. The lowest BCUT2D eigenvalue weighted by Crippen LogP contribution is -2.41.